The van der Waals surface area contributed by atoms with Crippen LogP contribution in [0.2, 0.25) is 10.0 Å². The fourth-order valence-electron chi connectivity index (χ4n) is 1.72. The monoisotopic (exact) mass is 290 g/mol. The lowest BCUT2D eigenvalue weighted by atomic mass is 10.2. The molecule has 0 radical (unpaired) electrons. The van der Waals surface area contributed by atoms with Crippen molar-refractivity contribution in [3.63, 3.8) is 0 Å². The van der Waals surface area contributed by atoms with Crippen molar-refractivity contribution in [3.05, 3.63) is 58.8 Å². The topological polar surface area (TPSA) is 35.0 Å². The highest BCUT2D eigenvalue weighted by atomic mass is 35.5. The number of ether oxygens (including phenoxy) is 1. The number of para-hydroxylation sites is 1. The molecule has 0 fully saturated rings. The molecule has 0 atom stereocenters. The van der Waals surface area contributed by atoms with Gasteiger partial charge in [-0.2, -0.15) is 0 Å². The molecule has 5 heteroatoms. The van der Waals surface area contributed by atoms with Crippen LogP contribution in [0.1, 0.15) is 0 Å². The number of fused-ring (bicyclic) bond motifs is 1. The van der Waals surface area contributed by atoms with Gasteiger partial charge in [-0.25, -0.2) is 9.97 Å². The summed E-state index contributed by atoms with van der Waals surface area (Å²) in [6, 6.07) is 12.7. The summed E-state index contributed by atoms with van der Waals surface area (Å²) in [6.07, 6.45) is 1.46. The highest BCUT2D eigenvalue weighted by molar-refractivity contribution is 6.35. The van der Waals surface area contributed by atoms with E-state index in [2.05, 4.69) is 9.97 Å². The third kappa shape index (κ3) is 2.48. The maximum absolute atomic E-state index is 6.08. The van der Waals surface area contributed by atoms with E-state index < -0.39 is 0 Å². The lowest BCUT2D eigenvalue weighted by Crippen LogP contribution is -1.91. The van der Waals surface area contributed by atoms with Crippen molar-refractivity contribution in [1.82, 2.24) is 9.97 Å². The molecule has 2 aromatic carbocycles. The van der Waals surface area contributed by atoms with Gasteiger partial charge in [0.1, 0.15) is 12.1 Å². The molecule has 94 valence electrons. The minimum absolute atomic E-state index is 0.440. The molecular formula is C14H8Cl2N2O. The molecule has 0 amide bonds. The molecule has 0 saturated carbocycles. The van der Waals surface area contributed by atoms with Gasteiger partial charge in [-0.15, -0.1) is 0 Å². The normalized spacial score (nSPS) is 10.6. The first-order valence-corrected chi connectivity index (χ1v) is 6.32. The van der Waals surface area contributed by atoms with E-state index in [4.69, 9.17) is 27.9 Å². The number of rotatable bonds is 2. The van der Waals surface area contributed by atoms with Crippen LogP contribution in [-0.4, -0.2) is 9.97 Å². The van der Waals surface area contributed by atoms with E-state index in [9.17, 15) is 0 Å². The Hall–Kier alpha value is -1.84. The van der Waals surface area contributed by atoms with Gasteiger partial charge in [0, 0.05) is 5.02 Å². The van der Waals surface area contributed by atoms with Gasteiger partial charge >= 0.3 is 0 Å². The van der Waals surface area contributed by atoms with Crippen LogP contribution in [0, 0.1) is 0 Å². The van der Waals surface area contributed by atoms with Crippen LogP contribution in [0.5, 0.6) is 11.6 Å². The Morgan fingerprint density at radius 3 is 2.63 bits per heavy atom. The standard InChI is InChI=1S/C14H8Cl2N2O/c15-9-5-6-13(11(16)7-9)19-14-10-3-1-2-4-12(10)17-8-18-14/h1-8H. The van der Waals surface area contributed by atoms with E-state index >= 15 is 0 Å². The molecule has 0 spiro atoms. The van der Waals surface area contributed by atoms with Crippen molar-refractivity contribution in [2.24, 2.45) is 0 Å². The average molecular weight is 291 g/mol. The first-order chi connectivity index (χ1) is 9.24. The van der Waals surface area contributed by atoms with Crippen molar-refractivity contribution in [3.8, 4) is 11.6 Å². The summed E-state index contributed by atoms with van der Waals surface area (Å²) in [5.74, 6) is 0.977. The summed E-state index contributed by atoms with van der Waals surface area (Å²) in [7, 11) is 0. The summed E-state index contributed by atoms with van der Waals surface area (Å²) in [6.45, 7) is 0. The second kappa shape index (κ2) is 5.03. The smallest absolute Gasteiger partial charge is 0.230 e. The minimum Gasteiger partial charge on any atom is -0.437 e. The first-order valence-electron chi connectivity index (χ1n) is 5.57. The largest absolute Gasteiger partial charge is 0.437 e. The quantitative estimate of drug-likeness (QED) is 0.684. The van der Waals surface area contributed by atoms with Crippen molar-refractivity contribution in [2.45, 2.75) is 0 Å². The Bertz CT molecular complexity index is 741. The number of hydrogen-bond donors (Lipinski definition) is 0. The van der Waals surface area contributed by atoms with E-state index in [-0.39, 0.29) is 0 Å². The Morgan fingerprint density at radius 1 is 0.947 bits per heavy atom. The molecule has 3 nitrogen and oxygen atoms in total. The van der Waals surface area contributed by atoms with E-state index in [1.807, 2.05) is 24.3 Å². The number of nitrogens with zero attached hydrogens (tertiary/aromatic N) is 2. The number of hydrogen-bond acceptors (Lipinski definition) is 3. The van der Waals surface area contributed by atoms with E-state index in [0.717, 1.165) is 10.9 Å². The Kier molecular flexibility index (Phi) is 3.23. The lowest BCUT2D eigenvalue weighted by Gasteiger charge is -2.08. The van der Waals surface area contributed by atoms with Crippen molar-refractivity contribution in [2.75, 3.05) is 0 Å². The third-order valence-electron chi connectivity index (χ3n) is 2.61. The summed E-state index contributed by atoms with van der Waals surface area (Å²) >= 11 is 11.9. The number of halogens is 2. The molecule has 3 rings (SSSR count). The third-order valence-corrected chi connectivity index (χ3v) is 3.14. The van der Waals surface area contributed by atoms with Gasteiger partial charge in [0.2, 0.25) is 5.88 Å². The number of aromatic nitrogens is 2. The van der Waals surface area contributed by atoms with Gasteiger partial charge in [-0.1, -0.05) is 35.3 Å². The zero-order valence-electron chi connectivity index (χ0n) is 9.68. The Balaban J connectivity index is 2.06. The van der Waals surface area contributed by atoms with Crippen LogP contribution in [0.3, 0.4) is 0 Å². The summed E-state index contributed by atoms with van der Waals surface area (Å²) < 4.78 is 5.74. The van der Waals surface area contributed by atoms with Crippen LogP contribution in [0.15, 0.2) is 48.8 Å². The molecule has 0 aliphatic carbocycles. The fraction of sp³-hybridized carbons (Fsp3) is 0. The van der Waals surface area contributed by atoms with Gasteiger partial charge in [0.15, 0.2) is 0 Å². The van der Waals surface area contributed by atoms with Gasteiger partial charge in [-0.05, 0) is 30.3 Å². The fourth-order valence-corrected chi connectivity index (χ4v) is 2.17. The van der Waals surface area contributed by atoms with E-state index in [1.165, 1.54) is 6.33 Å². The molecule has 0 aliphatic rings. The van der Waals surface area contributed by atoms with Crippen molar-refractivity contribution >= 4 is 34.1 Å². The molecule has 0 saturated heterocycles. The predicted octanol–water partition coefficient (Wildman–Crippen LogP) is 4.73. The SMILES string of the molecule is Clc1ccc(Oc2ncnc3ccccc23)c(Cl)c1. The van der Waals surface area contributed by atoms with E-state index in [1.54, 1.807) is 18.2 Å². The minimum atomic E-state index is 0.440. The average Bonchev–Trinajstić information content (AvgIpc) is 2.42. The maximum Gasteiger partial charge on any atom is 0.230 e. The van der Waals surface area contributed by atoms with Crippen molar-refractivity contribution < 1.29 is 4.74 Å². The Morgan fingerprint density at radius 2 is 1.79 bits per heavy atom. The number of benzene rings is 2. The Labute approximate surface area is 119 Å². The molecule has 1 aromatic heterocycles. The first kappa shape index (κ1) is 12.2. The van der Waals surface area contributed by atoms with Gasteiger partial charge in [-0.3, -0.25) is 0 Å². The maximum atomic E-state index is 6.08. The van der Waals surface area contributed by atoms with Crippen molar-refractivity contribution in [1.29, 1.82) is 0 Å². The van der Waals surface area contributed by atoms with Gasteiger partial charge in [0.05, 0.1) is 15.9 Å². The second-order valence-electron chi connectivity index (χ2n) is 3.87. The molecule has 0 unspecified atom stereocenters. The van der Waals surface area contributed by atoms with Crippen LogP contribution in [-0.2, 0) is 0 Å². The summed E-state index contributed by atoms with van der Waals surface area (Å²) in [5, 5.41) is 1.83. The highest BCUT2D eigenvalue weighted by Crippen LogP contribution is 2.33. The lowest BCUT2D eigenvalue weighted by molar-refractivity contribution is 0.468. The summed E-state index contributed by atoms with van der Waals surface area (Å²) in [5.41, 5.74) is 0.817. The zero-order chi connectivity index (χ0) is 13.2. The van der Waals surface area contributed by atoms with Crippen LogP contribution in [0.4, 0.5) is 0 Å². The molecule has 19 heavy (non-hydrogen) atoms. The zero-order valence-corrected chi connectivity index (χ0v) is 11.2. The molecule has 1 heterocycles. The molecular weight excluding hydrogens is 283 g/mol. The van der Waals surface area contributed by atoms with Gasteiger partial charge in [0.25, 0.3) is 0 Å². The van der Waals surface area contributed by atoms with Crippen LogP contribution < -0.4 is 4.74 Å². The highest BCUT2D eigenvalue weighted by Gasteiger charge is 2.08. The van der Waals surface area contributed by atoms with Gasteiger partial charge < -0.3 is 4.74 Å². The molecule has 0 aliphatic heterocycles. The predicted molar refractivity (Wildman–Crippen MR) is 76.1 cm³/mol. The molecule has 3 aromatic rings. The molecule has 0 bridgehead atoms. The summed E-state index contributed by atoms with van der Waals surface area (Å²) in [4.78, 5) is 8.32. The van der Waals surface area contributed by atoms with Crippen LogP contribution in [0.25, 0.3) is 10.9 Å². The second-order valence-corrected chi connectivity index (χ2v) is 4.72. The van der Waals surface area contributed by atoms with Crippen LogP contribution >= 0.6 is 23.2 Å². The molecule has 0 N–H and O–H groups in total. The van der Waals surface area contributed by atoms with E-state index in [0.29, 0.717) is 21.7 Å².